The Kier molecular flexibility index (Phi) is 2.33. The van der Waals surface area contributed by atoms with E-state index in [1.165, 1.54) is 18.4 Å². The second-order valence-electron chi connectivity index (χ2n) is 5.11. The van der Waals surface area contributed by atoms with Crippen LogP contribution in [0.5, 0.6) is 5.75 Å². The summed E-state index contributed by atoms with van der Waals surface area (Å²) in [5.74, 6) is 0.312. The van der Waals surface area contributed by atoms with E-state index in [-0.39, 0.29) is 5.54 Å². The molecule has 3 N–H and O–H groups in total. The van der Waals surface area contributed by atoms with Crippen LogP contribution in [0.1, 0.15) is 31.2 Å². The van der Waals surface area contributed by atoms with E-state index >= 15 is 0 Å². The van der Waals surface area contributed by atoms with Crippen LogP contribution in [-0.4, -0.2) is 5.11 Å². The summed E-state index contributed by atoms with van der Waals surface area (Å²) in [6.45, 7) is 0. The zero-order valence-electron chi connectivity index (χ0n) is 9.82. The predicted octanol–water partition coefficient (Wildman–Crippen LogP) is 3.27. The van der Waals surface area contributed by atoms with Crippen LogP contribution < -0.4 is 5.73 Å². The summed E-state index contributed by atoms with van der Waals surface area (Å²) >= 11 is 0. The van der Waals surface area contributed by atoms with Crippen LogP contribution >= 0.6 is 0 Å². The molecule has 0 aromatic heterocycles. The van der Waals surface area contributed by atoms with E-state index in [4.69, 9.17) is 5.73 Å². The quantitative estimate of drug-likeness (QED) is 0.785. The maximum Gasteiger partial charge on any atom is 0.116 e. The Morgan fingerprint density at radius 3 is 2.41 bits per heavy atom. The van der Waals surface area contributed by atoms with E-state index in [1.807, 2.05) is 6.07 Å². The van der Waals surface area contributed by atoms with Gasteiger partial charge in [0, 0.05) is 5.54 Å². The number of aromatic hydroxyl groups is 1. The molecule has 1 aliphatic rings. The van der Waals surface area contributed by atoms with Crippen LogP contribution in [0.3, 0.4) is 0 Å². The van der Waals surface area contributed by atoms with Gasteiger partial charge in [0.1, 0.15) is 5.75 Å². The lowest BCUT2D eigenvalue weighted by atomic mass is 9.88. The summed E-state index contributed by atoms with van der Waals surface area (Å²) < 4.78 is 0. The first kappa shape index (κ1) is 10.6. The molecular weight excluding hydrogens is 210 g/mol. The van der Waals surface area contributed by atoms with Crippen molar-refractivity contribution in [1.82, 2.24) is 0 Å². The van der Waals surface area contributed by atoms with Crippen molar-refractivity contribution in [2.45, 2.75) is 31.2 Å². The van der Waals surface area contributed by atoms with Crippen LogP contribution in [0.15, 0.2) is 36.4 Å². The van der Waals surface area contributed by atoms with Crippen molar-refractivity contribution >= 4 is 10.8 Å². The standard InChI is InChI=1S/C15H17NO/c16-15(7-1-2-8-15)13-5-3-11-4-6-14(17)10-12(11)9-13/h3-6,9-10,17H,1-2,7-8,16H2. The van der Waals surface area contributed by atoms with Gasteiger partial charge in [-0.05, 0) is 47.4 Å². The van der Waals surface area contributed by atoms with Crippen molar-refractivity contribution in [3.05, 3.63) is 42.0 Å². The number of hydrogen-bond acceptors (Lipinski definition) is 2. The highest BCUT2D eigenvalue weighted by Gasteiger charge is 2.31. The number of fused-ring (bicyclic) bond motifs is 1. The molecule has 0 aliphatic heterocycles. The molecule has 0 amide bonds. The molecule has 0 atom stereocenters. The van der Waals surface area contributed by atoms with Crippen LogP contribution in [0.4, 0.5) is 0 Å². The molecule has 3 rings (SSSR count). The fraction of sp³-hybridized carbons (Fsp3) is 0.333. The Bertz CT molecular complexity index is 556. The van der Waals surface area contributed by atoms with Crippen molar-refractivity contribution in [3.63, 3.8) is 0 Å². The summed E-state index contributed by atoms with van der Waals surface area (Å²) in [5.41, 5.74) is 7.50. The molecule has 2 nitrogen and oxygen atoms in total. The third kappa shape index (κ3) is 1.79. The molecule has 0 unspecified atom stereocenters. The lowest BCUT2D eigenvalue weighted by molar-refractivity contribution is 0.462. The van der Waals surface area contributed by atoms with Crippen LogP contribution in [-0.2, 0) is 5.54 Å². The Hall–Kier alpha value is -1.54. The Morgan fingerprint density at radius 2 is 1.65 bits per heavy atom. The summed E-state index contributed by atoms with van der Waals surface area (Å²) in [4.78, 5) is 0. The normalized spacial score (nSPS) is 18.6. The fourth-order valence-electron chi connectivity index (χ4n) is 2.84. The molecule has 1 fully saturated rings. The van der Waals surface area contributed by atoms with E-state index in [9.17, 15) is 5.11 Å². The Balaban J connectivity index is 2.12. The lowest BCUT2D eigenvalue weighted by Gasteiger charge is -2.24. The van der Waals surface area contributed by atoms with Crippen molar-refractivity contribution < 1.29 is 5.11 Å². The minimum absolute atomic E-state index is 0.153. The average molecular weight is 227 g/mol. The maximum absolute atomic E-state index is 9.52. The zero-order valence-corrected chi connectivity index (χ0v) is 9.82. The summed E-state index contributed by atoms with van der Waals surface area (Å²) in [5, 5.41) is 11.7. The van der Waals surface area contributed by atoms with Crippen LogP contribution in [0, 0.1) is 0 Å². The molecule has 2 aromatic rings. The van der Waals surface area contributed by atoms with Crippen molar-refractivity contribution in [2.75, 3.05) is 0 Å². The molecule has 0 radical (unpaired) electrons. The summed E-state index contributed by atoms with van der Waals surface area (Å²) in [7, 11) is 0. The topological polar surface area (TPSA) is 46.2 Å². The van der Waals surface area contributed by atoms with Gasteiger partial charge in [-0.3, -0.25) is 0 Å². The summed E-state index contributed by atoms with van der Waals surface area (Å²) in [6, 6.07) is 11.8. The largest absolute Gasteiger partial charge is 0.508 e. The molecule has 2 heteroatoms. The number of benzene rings is 2. The van der Waals surface area contributed by atoms with Gasteiger partial charge in [-0.1, -0.05) is 31.0 Å². The van der Waals surface area contributed by atoms with Gasteiger partial charge in [0.15, 0.2) is 0 Å². The Morgan fingerprint density at radius 1 is 0.941 bits per heavy atom. The minimum Gasteiger partial charge on any atom is -0.508 e. The third-order valence-corrected chi connectivity index (χ3v) is 3.89. The molecule has 0 heterocycles. The average Bonchev–Trinajstić information content (AvgIpc) is 2.76. The number of phenolic OH excluding ortho intramolecular Hbond substituents is 1. The minimum atomic E-state index is -0.153. The lowest BCUT2D eigenvalue weighted by Crippen LogP contribution is -2.32. The van der Waals surface area contributed by atoms with E-state index in [0.29, 0.717) is 5.75 Å². The smallest absolute Gasteiger partial charge is 0.116 e. The van der Waals surface area contributed by atoms with Crippen LogP contribution in [0.2, 0.25) is 0 Å². The van der Waals surface area contributed by atoms with Gasteiger partial charge in [0.25, 0.3) is 0 Å². The van der Waals surface area contributed by atoms with E-state index in [1.54, 1.807) is 12.1 Å². The monoisotopic (exact) mass is 227 g/mol. The molecule has 88 valence electrons. The molecule has 1 saturated carbocycles. The van der Waals surface area contributed by atoms with Crippen molar-refractivity contribution in [1.29, 1.82) is 0 Å². The summed E-state index contributed by atoms with van der Waals surface area (Å²) in [6.07, 6.45) is 4.57. The molecule has 2 aromatic carbocycles. The fourth-order valence-corrected chi connectivity index (χ4v) is 2.84. The first-order valence-corrected chi connectivity index (χ1v) is 6.20. The molecule has 0 saturated heterocycles. The highest BCUT2D eigenvalue weighted by Crippen LogP contribution is 2.37. The SMILES string of the molecule is NC1(c2ccc3ccc(O)cc3c2)CCCC1. The first-order valence-electron chi connectivity index (χ1n) is 6.20. The van der Waals surface area contributed by atoms with Gasteiger partial charge in [-0.15, -0.1) is 0 Å². The molecule has 1 aliphatic carbocycles. The van der Waals surface area contributed by atoms with Crippen LogP contribution in [0.25, 0.3) is 10.8 Å². The highest BCUT2D eigenvalue weighted by molar-refractivity contribution is 5.84. The Labute approximate surface area is 101 Å². The van der Waals surface area contributed by atoms with Crippen molar-refractivity contribution in [2.24, 2.45) is 5.73 Å². The zero-order chi connectivity index (χ0) is 11.9. The molecule has 0 spiro atoms. The third-order valence-electron chi connectivity index (χ3n) is 3.89. The van der Waals surface area contributed by atoms with Gasteiger partial charge in [-0.2, -0.15) is 0 Å². The number of rotatable bonds is 1. The maximum atomic E-state index is 9.52. The molecular formula is C15H17NO. The number of phenols is 1. The van der Waals surface area contributed by atoms with Gasteiger partial charge in [-0.25, -0.2) is 0 Å². The second kappa shape index (κ2) is 3.74. The van der Waals surface area contributed by atoms with E-state index in [0.717, 1.165) is 23.6 Å². The van der Waals surface area contributed by atoms with Crippen molar-refractivity contribution in [3.8, 4) is 5.75 Å². The first-order chi connectivity index (χ1) is 8.17. The van der Waals surface area contributed by atoms with Gasteiger partial charge < -0.3 is 10.8 Å². The molecule has 0 bridgehead atoms. The predicted molar refractivity (Wildman–Crippen MR) is 69.9 cm³/mol. The van der Waals surface area contributed by atoms with Gasteiger partial charge >= 0.3 is 0 Å². The second-order valence-corrected chi connectivity index (χ2v) is 5.11. The molecule has 17 heavy (non-hydrogen) atoms. The highest BCUT2D eigenvalue weighted by atomic mass is 16.3. The number of hydrogen-bond donors (Lipinski definition) is 2. The van der Waals surface area contributed by atoms with Gasteiger partial charge in [0.2, 0.25) is 0 Å². The van der Waals surface area contributed by atoms with E-state index in [2.05, 4.69) is 18.2 Å². The number of nitrogens with two attached hydrogens (primary N) is 1. The van der Waals surface area contributed by atoms with Gasteiger partial charge in [0.05, 0.1) is 0 Å². The van der Waals surface area contributed by atoms with E-state index < -0.39 is 0 Å².